The van der Waals surface area contributed by atoms with E-state index in [-0.39, 0.29) is 13.0 Å². The van der Waals surface area contributed by atoms with E-state index in [1.165, 1.54) is 0 Å². The molecule has 164 valence electrons. The maximum absolute atomic E-state index is 11.2. The minimum Gasteiger partial charge on any atom is -0.489 e. The Morgan fingerprint density at radius 2 is 1.97 bits per heavy atom. The molecule has 0 saturated heterocycles. The van der Waals surface area contributed by atoms with Crippen LogP contribution in [0.5, 0.6) is 5.75 Å². The second-order valence-electron chi connectivity index (χ2n) is 7.41. The number of benzene rings is 2. The number of nitrogens with zero attached hydrogens (tertiary/aromatic N) is 1. The summed E-state index contributed by atoms with van der Waals surface area (Å²) in [5.41, 5.74) is 10.7. The predicted molar refractivity (Wildman–Crippen MR) is 120 cm³/mol. The molecule has 0 fully saturated rings. The molecule has 4 rings (SSSR count). The lowest BCUT2D eigenvalue weighted by atomic mass is 10.0. The molecule has 0 aliphatic rings. The van der Waals surface area contributed by atoms with Gasteiger partial charge in [0.15, 0.2) is 0 Å². The maximum atomic E-state index is 11.2. The van der Waals surface area contributed by atoms with Crippen LogP contribution in [0.3, 0.4) is 0 Å². The van der Waals surface area contributed by atoms with E-state index in [0.717, 1.165) is 39.1 Å². The fourth-order valence-corrected chi connectivity index (χ4v) is 3.65. The molecule has 7 heteroatoms. The van der Waals surface area contributed by atoms with Crippen molar-refractivity contribution >= 4 is 16.9 Å². The van der Waals surface area contributed by atoms with Crippen molar-refractivity contribution in [1.82, 2.24) is 4.98 Å². The van der Waals surface area contributed by atoms with Crippen LogP contribution >= 0.6 is 0 Å². The molecule has 0 bridgehead atoms. The van der Waals surface area contributed by atoms with E-state index in [1.54, 1.807) is 31.5 Å². The Kier molecular flexibility index (Phi) is 6.49. The number of rotatable bonds is 9. The highest BCUT2D eigenvalue weighted by molar-refractivity contribution is 5.93. The molecule has 0 saturated carbocycles. The number of fused-ring (bicyclic) bond motifs is 1. The first-order chi connectivity index (χ1) is 15.6. The second-order valence-corrected chi connectivity index (χ2v) is 7.41. The summed E-state index contributed by atoms with van der Waals surface area (Å²) in [7, 11) is 1.62. The van der Waals surface area contributed by atoms with Crippen LogP contribution in [0.1, 0.15) is 22.6 Å². The number of ether oxygens (including phenoxy) is 2. The monoisotopic (exact) mass is 432 g/mol. The third kappa shape index (κ3) is 4.80. The van der Waals surface area contributed by atoms with E-state index in [4.69, 9.17) is 24.7 Å². The number of methoxy groups -OCH3 is 1. The summed E-state index contributed by atoms with van der Waals surface area (Å²) in [6.45, 7) is 0.985. The Labute approximate surface area is 185 Å². The van der Waals surface area contributed by atoms with Crippen molar-refractivity contribution in [2.45, 2.75) is 26.2 Å². The maximum Gasteiger partial charge on any atom is 0.307 e. The summed E-state index contributed by atoms with van der Waals surface area (Å²) < 4.78 is 17.3. The van der Waals surface area contributed by atoms with Gasteiger partial charge in [0.25, 0.3) is 0 Å². The third-order valence-corrected chi connectivity index (χ3v) is 5.06. The van der Waals surface area contributed by atoms with Gasteiger partial charge in [-0.25, -0.2) is 0 Å². The number of pyridine rings is 1. The topological polar surface area (TPSA) is 108 Å². The van der Waals surface area contributed by atoms with Crippen molar-refractivity contribution in [3.8, 4) is 16.9 Å². The Balaban J connectivity index is 1.72. The lowest BCUT2D eigenvalue weighted by Gasteiger charge is -2.12. The third-order valence-electron chi connectivity index (χ3n) is 5.06. The van der Waals surface area contributed by atoms with Crippen LogP contribution in [0.4, 0.5) is 0 Å². The first-order valence-electron chi connectivity index (χ1n) is 10.2. The number of nitrogens with two attached hydrogens (primary N) is 1. The first-order valence-corrected chi connectivity index (χ1v) is 10.2. The summed E-state index contributed by atoms with van der Waals surface area (Å²) in [5, 5.41) is 10.1. The molecule has 0 aliphatic heterocycles. The minimum atomic E-state index is -0.901. The molecule has 2 aromatic carbocycles. The van der Waals surface area contributed by atoms with Crippen LogP contribution in [0.15, 0.2) is 65.2 Å². The molecule has 0 spiro atoms. The van der Waals surface area contributed by atoms with Gasteiger partial charge >= 0.3 is 5.97 Å². The summed E-state index contributed by atoms with van der Waals surface area (Å²) in [5.74, 6) is 0.377. The second kappa shape index (κ2) is 9.64. The first kappa shape index (κ1) is 21.5. The van der Waals surface area contributed by atoms with Crippen molar-refractivity contribution in [3.63, 3.8) is 0 Å². The minimum absolute atomic E-state index is 0.0958. The lowest BCUT2D eigenvalue weighted by Crippen LogP contribution is -2.04. The van der Waals surface area contributed by atoms with E-state index >= 15 is 0 Å². The number of carboxylic acids is 1. The molecule has 2 aromatic heterocycles. The van der Waals surface area contributed by atoms with Crippen molar-refractivity contribution in [2.24, 2.45) is 5.73 Å². The quantitative estimate of drug-likeness (QED) is 0.406. The van der Waals surface area contributed by atoms with Gasteiger partial charge in [0.05, 0.1) is 12.1 Å². The van der Waals surface area contributed by atoms with E-state index in [0.29, 0.717) is 24.5 Å². The molecular weight excluding hydrogens is 408 g/mol. The Morgan fingerprint density at radius 3 is 2.75 bits per heavy atom. The van der Waals surface area contributed by atoms with E-state index < -0.39 is 5.97 Å². The molecule has 0 atom stereocenters. The summed E-state index contributed by atoms with van der Waals surface area (Å²) in [6.07, 6.45) is 1.63. The van der Waals surface area contributed by atoms with E-state index in [2.05, 4.69) is 4.98 Å². The van der Waals surface area contributed by atoms with Crippen LogP contribution in [0.25, 0.3) is 22.1 Å². The number of aromatic nitrogens is 1. The molecule has 7 nitrogen and oxygen atoms in total. The molecule has 2 heterocycles. The predicted octanol–water partition coefficient (Wildman–Crippen LogP) is 4.31. The smallest absolute Gasteiger partial charge is 0.307 e. The normalized spacial score (nSPS) is 11.1. The zero-order valence-corrected chi connectivity index (χ0v) is 17.7. The van der Waals surface area contributed by atoms with Gasteiger partial charge in [0.1, 0.15) is 30.3 Å². The van der Waals surface area contributed by atoms with Crippen LogP contribution in [-0.2, 0) is 35.7 Å². The van der Waals surface area contributed by atoms with Crippen molar-refractivity contribution < 1.29 is 23.8 Å². The summed E-state index contributed by atoms with van der Waals surface area (Å²) in [6, 6.07) is 17.0. The van der Waals surface area contributed by atoms with Gasteiger partial charge in [-0.1, -0.05) is 18.2 Å². The van der Waals surface area contributed by atoms with Gasteiger partial charge in [-0.3, -0.25) is 9.78 Å². The van der Waals surface area contributed by atoms with E-state index in [9.17, 15) is 4.79 Å². The highest BCUT2D eigenvalue weighted by Gasteiger charge is 2.14. The average molecular weight is 432 g/mol. The van der Waals surface area contributed by atoms with E-state index in [1.807, 2.05) is 36.4 Å². The molecule has 0 radical (unpaired) electrons. The van der Waals surface area contributed by atoms with Gasteiger partial charge < -0.3 is 24.7 Å². The number of aliphatic carboxylic acids is 1. The molecule has 0 amide bonds. The standard InChI is InChI=1S/C25H24N2O5/c1-30-15-21-11-19-8-16(14-31-23-5-3-2-4-18(23)12-24(28)29)9-22(25(19)32-21)17-6-7-27-20(10-17)13-26/h2-11H,12-15,26H2,1H3,(H,28,29). The van der Waals surface area contributed by atoms with Crippen LogP contribution in [0.2, 0.25) is 0 Å². The molecule has 4 aromatic rings. The highest BCUT2D eigenvalue weighted by atomic mass is 16.5. The number of carboxylic acid groups (broad SMARTS) is 1. The Bertz CT molecular complexity index is 1250. The lowest BCUT2D eigenvalue weighted by molar-refractivity contribution is -0.136. The Morgan fingerprint density at radius 1 is 1.12 bits per heavy atom. The zero-order chi connectivity index (χ0) is 22.5. The number of hydrogen-bond acceptors (Lipinski definition) is 6. The van der Waals surface area contributed by atoms with Crippen molar-refractivity contribution in [2.75, 3.05) is 7.11 Å². The number of para-hydroxylation sites is 1. The molecule has 0 aliphatic carbocycles. The average Bonchev–Trinajstić information content (AvgIpc) is 3.20. The van der Waals surface area contributed by atoms with Gasteiger partial charge in [-0.05, 0) is 47.5 Å². The van der Waals surface area contributed by atoms with Crippen LogP contribution in [-0.4, -0.2) is 23.2 Å². The van der Waals surface area contributed by atoms with Crippen LogP contribution < -0.4 is 10.5 Å². The number of furan rings is 1. The van der Waals surface area contributed by atoms with Gasteiger partial charge in [0.2, 0.25) is 0 Å². The fraction of sp³-hybridized carbons (Fsp3) is 0.200. The van der Waals surface area contributed by atoms with Gasteiger partial charge in [-0.2, -0.15) is 0 Å². The highest BCUT2D eigenvalue weighted by Crippen LogP contribution is 2.33. The molecule has 32 heavy (non-hydrogen) atoms. The largest absolute Gasteiger partial charge is 0.489 e. The SMILES string of the molecule is COCc1cc2cc(COc3ccccc3CC(=O)O)cc(-c3ccnc(CN)c3)c2o1. The molecular formula is C25H24N2O5. The van der Waals surface area contributed by atoms with Gasteiger partial charge in [-0.15, -0.1) is 0 Å². The summed E-state index contributed by atoms with van der Waals surface area (Å²) in [4.78, 5) is 15.4. The van der Waals surface area contributed by atoms with Gasteiger partial charge in [0, 0.05) is 36.4 Å². The van der Waals surface area contributed by atoms with Crippen molar-refractivity contribution in [1.29, 1.82) is 0 Å². The van der Waals surface area contributed by atoms with Crippen molar-refractivity contribution in [3.05, 3.63) is 83.4 Å². The number of hydrogen-bond donors (Lipinski definition) is 2. The summed E-state index contributed by atoms with van der Waals surface area (Å²) >= 11 is 0. The zero-order valence-electron chi connectivity index (χ0n) is 17.7. The fourth-order valence-electron chi connectivity index (χ4n) is 3.65. The Hall–Kier alpha value is -3.68. The number of carbonyl (C=O) groups is 1. The molecule has 3 N–H and O–H groups in total. The molecule has 0 unspecified atom stereocenters. The van der Waals surface area contributed by atoms with Crippen LogP contribution in [0, 0.1) is 0 Å².